The van der Waals surface area contributed by atoms with Crippen LogP contribution in [0.15, 0.2) is 11.6 Å². The molecule has 3 aliphatic heterocycles. The molecule has 0 aromatic heterocycles. The Kier molecular flexibility index (Phi) is 4.89. The van der Waals surface area contributed by atoms with E-state index >= 15 is 0 Å². The van der Waals surface area contributed by atoms with Crippen molar-refractivity contribution < 1.29 is 34.4 Å². The summed E-state index contributed by atoms with van der Waals surface area (Å²) >= 11 is 0. The molecule has 0 bridgehead atoms. The summed E-state index contributed by atoms with van der Waals surface area (Å²) in [7, 11) is 0. The molecule has 0 aromatic carbocycles. The van der Waals surface area contributed by atoms with Gasteiger partial charge in [0.25, 0.3) is 0 Å². The van der Waals surface area contributed by atoms with Gasteiger partial charge in [-0.1, -0.05) is 13.0 Å². The zero-order valence-electron chi connectivity index (χ0n) is 15.3. The first-order valence-corrected chi connectivity index (χ1v) is 9.01. The maximum absolute atomic E-state index is 12.7. The summed E-state index contributed by atoms with van der Waals surface area (Å²) in [6.07, 6.45) is 0.293. The van der Waals surface area contributed by atoms with Crippen LogP contribution in [0.5, 0.6) is 0 Å². The number of cyclic esters (lactones) is 1. The van der Waals surface area contributed by atoms with Crippen molar-refractivity contribution in [1.82, 2.24) is 4.90 Å². The van der Waals surface area contributed by atoms with Crippen LogP contribution in [0, 0.1) is 5.92 Å². The third-order valence-electron chi connectivity index (χ3n) is 6.08. The van der Waals surface area contributed by atoms with Crippen molar-refractivity contribution in [3.8, 4) is 0 Å². The Labute approximate surface area is 152 Å². The number of ether oxygens (including phenoxy) is 2. The highest BCUT2D eigenvalue weighted by molar-refractivity contribution is 5.82. The molecule has 0 aromatic rings. The van der Waals surface area contributed by atoms with E-state index in [0.29, 0.717) is 13.0 Å². The van der Waals surface area contributed by atoms with Gasteiger partial charge in [-0.25, -0.2) is 9.59 Å². The van der Waals surface area contributed by atoms with E-state index in [2.05, 4.69) is 4.90 Å². The van der Waals surface area contributed by atoms with Gasteiger partial charge in [0.15, 0.2) is 11.2 Å². The van der Waals surface area contributed by atoms with Crippen LogP contribution in [-0.4, -0.2) is 81.3 Å². The van der Waals surface area contributed by atoms with Gasteiger partial charge in [-0.3, -0.25) is 4.90 Å². The number of aliphatic hydroxyl groups is 3. The van der Waals surface area contributed by atoms with Gasteiger partial charge in [0, 0.05) is 13.1 Å². The lowest BCUT2D eigenvalue weighted by Crippen LogP contribution is -2.56. The zero-order chi connectivity index (χ0) is 19.3. The number of hydrogen-bond donors (Lipinski definition) is 3. The third kappa shape index (κ3) is 3.05. The van der Waals surface area contributed by atoms with Crippen molar-refractivity contribution in [3.63, 3.8) is 0 Å². The maximum atomic E-state index is 12.7. The Bertz CT molecular complexity index is 629. The summed E-state index contributed by atoms with van der Waals surface area (Å²) in [5.74, 6) is -2.60. The van der Waals surface area contributed by atoms with E-state index in [1.165, 1.54) is 20.8 Å². The largest absolute Gasteiger partial charge is 0.459 e. The molecule has 0 amide bonds. The second-order valence-electron chi connectivity index (χ2n) is 7.88. The van der Waals surface area contributed by atoms with E-state index in [4.69, 9.17) is 9.47 Å². The molecule has 26 heavy (non-hydrogen) atoms. The summed E-state index contributed by atoms with van der Waals surface area (Å²) in [5, 5.41) is 31.5. The molecular formula is C18H27NO7. The highest BCUT2D eigenvalue weighted by Crippen LogP contribution is 2.36. The average Bonchev–Trinajstić information content (AvgIpc) is 3.14. The van der Waals surface area contributed by atoms with Gasteiger partial charge >= 0.3 is 11.9 Å². The fraction of sp³-hybridized carbons (Fsp3) is 0.778. The van der Waals surface area contributed by atoms with E-state index in [9.17, 15) is 24.9 Å². The van der Waals surface area contributed by atoms with Crippen LogP contribution in [0.2, 0.25) is 0 Å². The fourth-order valence-corrected chi connectivity index (χ4v) is 3.95. The number of carbonyl (C=O) groups excluding carboxylic acids is 2. The number of aliphatic hydroxyl groups excluding tert-OH is 1. The van der Waals surface area contributed by atoms with Crippen LogP contribution in [-0.2, 0) is 19.1 Å². The minimum atomic E-state index is -2.22. The molecule has 0 saturated carbocycles. The van der Waals surface area contributed by atoms with E-state index in [1.54, 1.807) is 0 Å². The van der Waals surface area contributed by atoms with Crippen LogP contribution in [0.3, 0.4) is 0 Å². The van der Waals surface area contributed by atoms with Crippen molar-refractivity contribution in [1.29, 1.82) is 0 Å². The first-order valence-electron chi connectivity index (χ1n) is 9.01. The molecule has 0 radical (unpaired) electrons. The number of hydrogen-bond acceptors (Lipinski definition) is 8. The fourth-order valence-electron chi connectivity index (χ4n) is 3.95. The highest BCUT2D eigenvalue weighted by Gasteiger charge is 2.52. The predicted molar refractivity (Wildman–Crippen MR) is 89.9 cm³/mol. The molecule has 0 aliphatic carbocycles. The second-order valence-corrected chi connectivity index (χ2v) is 7.88. The van der Waals surface area contributed by atoms with Crippen LogP contribution in [0.1, 0.15) is 33.6 Å². The highest BCUT2D eigenvalue weighted by atomic mass is 16.6. The molecule has 3 rings (SSSR count). The zero-order valence-corrected chi connectivity index (χ0v) is 15.3. The minimum absolute atomic E-state index is 0.0254. The van der Waals surface area contributed by atoms with Crippen LogP contribution < -0.4 is 0 Å². The van der Waals surface area contributed by atoms with Gasteiger partial charge in [0.1, 0.15) is 12.7 Å². The van der Waals surface area contributed by atoms with Gasteiger partial charge in [-0.2, -0.15) is 0 Å². The van der Waals surface area contributed by atoms with Gasteiger partial charge in [0.2, 0.25) is 0 Å². The number of esters is 2. The summed E-state index contributed by atoms with van der Waals surface area (Å²) < 4.78 is 10.9. The van der Waals surface area contributed by atoms with E-state index in [-0.39, 0.29) is 19.1 Å². The molecule has 3 N–H and O–H groups in total. The van der Waals surface area contributed by atoms with Gasteiger partial charge in [-0.15, -0.1) is 0 Å². The molecule has 0 spiro atoms. The minimum Gasteiger partial charge on any atom is -0.459 e. The molecular weight excluding hydrogens is 342 g/mol. The summed E-state index contributed by atoms with van der Waals surface area (Å²) in [6.45, 7) is 5.50. The number of carbonyl (C=O) groups is 2. The first kappa shape index (κ1) is 19.3. The Balaban J connectivity index is 1.97. The third-order valence-corrected chi connectivity index (χ3v) is 6.08. The van der Waals surface area contributed by atoms with Crippen LogP contribution in [0.25, 0.3) is 0 Å². The summed E-state index contributed by atoms with van der Waals surface area (Å²) in [5.41, 5.74) is -3.33. The number of rotatable bonds is 1. The lowest BCUT2D eigenvalue weighted by Gasteiger charge is -2.37. The Morgan fingerprint density at radius 3 is 2.65 bits per heavy atom. The van der Waals surface area contributed by atoms with Gasteiger partial charge in [-0.05, 0) is 38.2 Å². The van der Waals surface area contributed by atoms with Gasteiger partial charge < -0.3 is 24.8 Å². The molecule has 3 aliphatic rings. The van der Waals surface area contributed by atoms with Gasteiger partial charge in [0.05, 0.1) is 12.1 Å². The van der Waals surface area contributed by atoms with E-state index < -0.39 is 41.3 Å². The SMILES string of the molecule is CC(O)[C@@]1(O)C[C@@H](C)[C@@](C)(O)C(=O)OCC2=CCN3CC[C@@H](OC1=O)[C@@H]23. The average molecular weight is 369 g/mol. The lowest BCUT2D eigenvalue weighted by atomic mass is 9.79. The Morgan fingerprint density at radius 2 is 2.00 bits per heavy atom. The van der Waals surface area contributed by atoms with Crippen molar-refractivity contribution in [2.24, 2.45) is 5.92 Å². The lowest BCUT2D eigenvalue weighted by molar-refractivity contribution is -0.193. The van der Waals surface area contributed by atoms with Crippen molar-refractivity contribution in [2.75, 3.05) is 19.7 Å². The second kappa shape index (κ2) is 6.60. The first-order chi connectivity index (χ1) is 12.1. The smallest absolute Gasteiger partial charge is 0.341 e. The molecule has 6 atom stereocenters. The Hall–Kier alpha value is -1.48. The van der Waals surface area contributed by atoms with Crippen molar-refractivity contribution >= 4 is 11.9 Å². The standard InChI is InChI=1S/C18H27NO7/c1-10-8-18(24,11(2)20)16(22)26-13-5-7-19-6-4-12(14(13)19)9-25-15(21)17(10,3)23/h4,10-11,13-14,20,23-24H,5-9H2,1-3H3/t10-,11?,13-,14-,17-,18+/m1/s1. The predicted octanol–water partition coefficient (Wildman–Crippen LogP) is -0.642. The molecule has 3 heterocycles. The maximum Gasteiger partial charge on any atom is 0.341 e. The molecule has 8 heteroatoms. The van der Waals surface area contributed by atoms with Crippen molar-refractivity contribution in [2.45, 2.75) is 63.1 Å². The van der Waals surface area contributed by atoms with Crippen molar-refractivity contribution in [3.05, 3.63) is 11.6 Å². The molecule has 146 valence electrons. The van der Waals surface area contributed by atoms with Crippen LogP contribution >= 0.6 is 0 Å². The quantitative estimate of drug-likeness (QED) is 0.413. The van der Waals surface area contributed by atoms with E-state index in [0.717, 1.165) is 12.1 Å². The normalized spacial score (nSPS) is 42.8. The summed E-state index contributed by atoms with van der Waals surface area (Å²) in [4.78, 5) is 27.3. The monoisotopic (exact) mass is 369 g/mol. The molecule has 2 fully saturated rings. The molecule has 1 unspecified atom stereocenters. The summed E-state index contributed by atoms with van der Waals surface area (Å²) in [6, 6.07) is -0.216. The topological polar surface area (TPSA) is 117 Å². The van der Waals surface area contributed by atoms with Crippen LogP contribution in [0.4, 0.5) is 0 Å². The molecule has 8 nitrogen and oxygen atoms in total. The number of nitrogens with zero attached hydrogens (tertiary/aromatic N) is 1. The van der Waals surface area contributed by atoms with E-state index in [1.807, 2.05) is 6.08 Å². The Morgan fingerprint density at radius 1 is 1.31 bits per heavy atom. The molecule has 2 saturated heterocycles.